The fourth-order valence-corrected chi connectivity index (χ4v) is 0.561. The Balaban J connectivity index is 0. The maximum Gasteiger partial charge on any atom is 0.155 e. The van der Waals surface area contributed by atoms with Gasteiger partial charge in [-0.2, -0.15) is 0 Å². The van der Waals surface area contributed by atoms with Crippen molar-refractivity contribution in [1.82, 2.24) is 0 Å². The molecule has 0 fully saturated rings. The van der Waals surface area contributed by atoms with Crippen molar-refractivity contribution in [1.29, 1.82) is 0 Å². The molecular weight excluding hydrogens is 200 g/mol. The predicted octanol–water partition coefficient (Wildman–Crippen LogP) is 0.460. The first-order chi connectivity index (χ1) is 7.04. The van der Waals surface area contributed by atoms with E-state index in [1.54, 1.807) is 7.11 Å². The summed E-state index contributed by atoms with van der Waals surface area (Å²) < 4.78 is 14.0. The Bertz CT molecular complexity index is 167. The molecule has 15 heavy (non-hydrogen) atoms. The summed E-state index contributed by atoms with van der Waals surface area (Å²) in [6, 6.07) is 0. The van der Waals surface area contributed by atoms with E-state index in [4.69, 9.17) is 4.74 Å². The molecule has 0 aromatic rings. The molecule has 0 unspecified atom stereocenters. The highest BCUT2D eigenvalue weighted by Gasteiger charge is 1.90. The maximum atomic E-state index is 10.2. The molecule has 0 amide bonds. The zero-order valence-corrected chi connectivity index (χ0v) is 9.87. The number of Topliss-reactive ketones (excluding diaryl/α,β-unsaturated/α-hetero) is 2. The van der Waals surface area contributed by atoms with Gasteiger partial charge in [-0.25, -0.2) is 0 Å². The van der Waals surface area contributed by atoms with E-state index in [9.17, 15) is 9.59 Å². The molecular formula is C10H20O5. The second-order valence-electron chi connectivity index (χ2n) is 2.88. The second-order valence-corrected chi connectivity index (χ2v) is 2.88. The van der Waals surface area contributed by atoms with Gasteiger partial charge >= 0.3 is 0 Å². The third-order valence-electron chi connectivity index (χ3n) is 1.08. The molecule has 0 spiro atoms. The van der Waals surface area contributed by atoms with Gasteiger partial charge < -0.3 is 14.2 Å². The molecule has 0 aliphatic heterocycles. The highest BCUT2D eigenvalue weighted by molar-refractivity contribution is 5.76. The van der Waals surface area contributed by atoms with E-state index in [0.29, 0.717) is 13.2 Å². The summed E-state index contributed by atoms with van der Waals surface area (Å²) in [5.41, 5.74) is 0. The summed E-state index contributed by atoms with van der Waals surface area (Å²) in [7, 11) is 3.10. The quantitative estimate of drug-likeness (QED) is 0.583. The number of carbonyl (C=O) groups is 2. The Kier molecular flexibility index (Phi) is 14.7. The molecule has 0 bridgehead atoms. The van der Waals surface area contributed by atoms with Gasteiger partial charge in [-0.05, 0) is 13.8 Å². The largest absolute Gasteiger partial charge is 0.382 e. The molecule has 90 valence electrons. The minimum Gasteiger partial charge on any atom is -0.382 e. The molecule has 0 radical (unpaired) electrons. The third-order valence-corrected chi connectivity index (χ3v) is 1.08. The van der Waals surface area contributed by atoms with Crippen LogP contribution in [-0.2, 0) is 23.8 Å². The Morgan fingerprint density at radius 2 is 1.40 bits per heavy atom. The number of hydrogen-bond acceptors (Lipinski definition) is 5. The average Bonchev–Trinajstić information content (AvgIpc) is 2.13. The molecule has 0 aromatic heterocycles. The summed E-state index contributed by atoms with van der Waals surface area (Å²) in [4.78, 5) is 20.2. The van der Waals surface area contributed by atoms with Crippen LogP contribution in [0.25, 0.3) is 0 Å². The number of rotatable bonds is 7. The van der Waals surface area contributed by atoms with Crippen molar-refractivity contribution in [3.63, 3.8) is 0 Å². The summed E-state index contributed by atoms with van der Waals surface area (Å²) in [6.45, 7) is 4.46. The van der Waals surface area contributed by atoms with Crippen LogP contribution in [0, 0.1) is 0 Å². The van der Waals surface area contributed by atoms with Crippen LogP contribution in [0.5, 0.6) is 0 Å². The summed E-state index contributed by atoms with van der Waals surface area (Å²) in [5.74, 6) is 0.114. The Morgan fingerprint density at radius 3 is 1.67 bits per heavy atom. The average molecular weight is 220 g/mol. The van der Waals surface area contributed by atoms with Gasteiger partial charge in [0, 0.05) is 14.2 Å². The molecule has 0 rings (SSSR count). The second kappa shape index (κ2) is 13.2. The lowest BCUT2D eigenvalue weighted by molar-refractivity contribution is -0.122. The highest BCUT2D eigenvalue weighted by Crippen LogP contribution is 1.76. The van der Waals surface area contributed by atoms with Crippen LogP contribution in [0.4, 0.5) is 0 Å². The lowest BCUT2D eigenvalue weighted by Gasteiger charge is -1.98. The molecule has 0 atom stereocenters. The number of hydrogen-bond donors (Lipinski definition) is 0. The number of ketones is 2. The van der Waals surface area contributed by atoms with Crippen molar-refractivity contribution in [2.45, 2.75) is 13.8 Å². The number of ether oxygens (including phenoxy) is 3. The highest BCUT2D eigenvalue weighted by atomic mass is 16.5. The number of methoxy groups -OCH3 is 2. The first kappa shape index (κ1) is 16.6. The standard InChI is InChI=1S/C6H12O3.C4H8O2/c1-6(7)5-9-4-3-8-2;1-4(5)3-6-2/h3-5H2,1-2H3;3H2,1-2H3. The fraction of sp³-hybridized carbons (Fsp3) is 0.800. The van der Waals surface area contributed by atoms with Crippen molar-refractivity contribution in [3.8, 4) is 0 Å². The van der Waals surface area contributed by atoms with E-state index in [0.717, 1.165) is 0 Å². The smallest absolute Gasteiger partial charge is 0.155 e. The summed E-state index contributed by atoms with van der Waals surface area (Å²) in [5, 5.41) is 0. The molecule has 0 saturated heterocycles. The predicted molar refractivity (Wildman–Crippen MR) is 55.9 cm³/mol. The van der Waals surface area contributed by atoms with Crippen molar-refractivity contribution in [3.05, 3.63) is 0 Å². The lowest BCUT2D eigenvalue weighted by Crippen LogP contribution is -2.08. The first-order valence-electron chi connectivity index (χ1n) is 4.59. The van der Waals surface area contributed by atoms with Gasteiger partial charge in [0.25, 0.3) is 0 Å². The molecule has 0 heterocycles. The fourth-order valence-electron chi connectivity index (χ4n) is 0.561. The molecule has 0 aromatic carbocycles. The van der Waals surface area contributed by atoms with Crippen molar-refractivity contribution >= 4 is 11.6 Å². The summed E-state index contributed by atoms with van der Waals surface area (Å²) in [6.07, 6.45) is 0. The Hall–Kier alpha value is -0.780. The van der Waals surface area contributed by atoms with Crippen LogP contribution in [-0.4, -0.2) is 52.2 Å². The molecule has 5 heteroatoms. The normalized spacial score (nSPS) is 9.07. The molecule has 0 N–H and O–H groups in total. The zero-order chi connectivity index (χ0) is 12.1. The maximum absolute atomic E-state index is 10.2. The van der Waals surface area contributed by atoms with E-state index in [2.05, 4.69) is 9.47 Å². The van der Waals surface area contributed by atoms with Gasteiger partial charge in [0.15, 0.2) is 11.6 Å². The topological polar surface area (TPSA) is 61.8 Å². The SMILES string of the molecule is COCC(C)=O.COCCOCC(C)=O. The lowest BCUT2D eigenvalue weighted by atomic mass is 10.5. The van der Waals surface area contributed by atoms with Gasteiger partial charge in [0.1, 0.15) is 13.2 Å². The molecule has 5 nitrogen and oxygen atoms in total. The van der Waals surface area contributed by atoms with Crippen LogP contribution in [0.3, 0.4) is 0 Å². The third kappa shape index (κ3) is 24.6. The Morgan fingerprint density at radius 1 is 0.867 bits per heavy atom. The van der Waals surface area contributed by atoms with Gasteiger partial charge in [-0.15, -0.1) is 0 Å². The van der Waals surface area contributed by atoms with Crippen molar-refractivity contribution < 1.29 is 23.8 Å². The Labute approximate surface area is 90.7 Å². The minimum absolute atomic E-state index is 0.0473. The van der Waals surface area contributed by atoms with Gasteiger partial charge in [-0.1, -0.05) is 0 Å². The van der Waals surface area contributed by atoms with Crippen LogP contribution in [0.15, 0.2) is 0 Å². The molecule has 0 aliphatic carbocycles. The van der Waals surface area contributed by atoms with Crippen LogP contribution in [0.1, 0.15) is 13.8 Å². The van der Waals surface area contributed by atoms with Crippen LogP contribution < -0.4 is 0 Å². The molecule has 0 aliphatic rings. The van der Waals surface area contributed by atoms with E-state index in [1.807, 2.05) is 0 Å². The van der Waals surface area contributed by atoms with E-state index < -0.39 is 0 Å². The summed E-state index contributed by atoms with van der Waals surface area (Å²) >= 11 is 0. The minimum atomic E-state index is 0.0473. The van der Waals surface area contributed by atoms with E-state index in [1.165, 1.54) is 21.0 Å². The van der Waals surface area contributed by atoms with E-state index in [-0.39, 0.29) is 24.8 Å². The number of carbonyl (C=O) groups excluding carboxylic acids is 2. The van der Waals surface area contributed by atoms with Crippen molar-refractivity contribution in [2.24, 2.45) is 0 Å². The van der Waals surface area contributed by atoms with Crippen molar-refractivity contribution in [2.75, 3.05) is 40.6 Å². The van der Waals surface area contributed by atoms with Crippen LogP contribution >= 0.6 is 0 Å². The van der Waals surface area contributed by atoms with Gasteiger partial charge in [0.2, 0.25) is 0 Å². The van der Waals surface area contributed by atoms with Gasteiger partial charge in [0.05, 0.1) is 13.2 Å². The zero-order valence-electron chi connectivity index (χ0n) is 9.87. The van der Waals surface area contributed by atoms with Crippen LogP contribution in [0.2, 0.25) is 0 Å². The van der Waals surface area contributed by atoms with Gasteiger partial charge in [-0.3, -0.25) is 9.59 Å². The monoisotopic (exact) mass is 220 g/mol. The first-order valence-corrected chi connectivity index (χ1v) is 4.59. The van der Waals surface area contributed by atoms with E-state index >= 15 is 0 Å². The molecule has 0 saturated carbocycles.